The van der Waals surface area contributed by atoms with Crippen LogP contribution in [-0.4, -0.2) is 55.3 Å². The van der Waals surface area contributed by atoms with Gasteiger partial charge in [0.15, 0.2) is 0 Å². The topological polar surface area (TPSA) is 124 Å². The van der Waals surface area contributed by atoms with E-state index in [4.69, 9.17) is 10.1 Å². The Morgan fingerprint density at radius 1 is 1.19 bits per heavy atom. The number of H-pyrrole nitrogens is 1. The van der Waals surface area contributed by atoms with Crippen LogP contribution in [0.15, 0.2) is 61.1 Å². The van der Waals surface area contributed by atoms with Crippen molar-refractivity contribution >= 4 is 22.4 Å². The molecule has 0 saturated heterocycles. The molecule has 2 atom stereocenters. The number of aromatic amines is 1. The van der Waals surface area contributed by atoms with Crippen molar-refractivity contribution in [3.8, 4) is 22.6 Å². The SMILES string of the molecule is Cc1cccc(-c2[nH]cnc2-c2ccc3ncc(C4=CCC(NCC(CCO)C(=O)O)CC4)cc3c2)n1. The molecular formula is C29H31N5O3. The Morgan fingerprint density at radius 3 is 2.81 bits per heavy atom. The van der Waals surface area contributed by atoms with Crippen LogP contribution in [-0.2, 0) is 4.79 Å². The molecule has 5 rings (SSSR count). The molecule has 37 heavy (non-hydrogen) atoms. The lowest BCUT2D eigenvalue weighted by atomic mass is 9.90. The molecule has 0 amide bonds. The monoisotopic (exact) mass is 497 g/mol. The smallest absolute Gasteiger partial charge is 0.307 e. The van der Waals surface area contributed by atoms with Crippen molar-refractivity contribution in [3.05, 3.63) is 72.3 Å². The minimum Gasteiger partial charge on any atom is -0.481 e. The van der Waals surface area contributed by atoms with Crippen LogP contribution in [0.25, 0.3) is 39.1 Å². The third kappa shape index (κ3) is 5.60. The summed E-state index contributed by atoms with van der Waals surface area (Å²) in [7, 11) is 0. The van der Waals surface area contributed by atoms with Crippen LogP contribution in [0.5, 0.6) is 0 Å². The molecule has 3 aromatic heterocycles. The lowest BCUT2D eigenvalue weighted by Gasteiger charge is -2.25. The Labute approximate surface area is 215 Å². The summed E-state index contributed by atoms with van der Waals surface area (Å²) in [6.07, 6.45) is 8.78. The zero-order valence-electron chi connectivity index (χ0n) is 20.8. The summed E-state index contributed by atoms with van der Waals surface area (Å²) in [4.78, 5) is 28.5. The molecule has 8 nitrogen and oxygen atoms in total. The Kier molecular flexibility index (Phi) is 7.39. The number of aryl methyl sites for hydroxylation is 1. The normalized spacial score (nSPS) is 16.5. The van der Waals surface area contributed by atoms with Gasteiger partial charge in [-0.3, -0.25) is 14.8 Å². The number of rotatable bonds is 9. The van der Waals surface area contributed by atoms with Crippen LogP contribution in [0.2, 0.25) is 0 Å². The summed E-state index contributed by atoms with van der Waals surface area (Å²) in [5.41, 5.74) is 7.86. The highest BCUT2D eigenvalue weighted by atomic mass is 16.4. The number of carbonyl (C=O) groups is 1. The van der Waals surface area contributed by atoms with Gasteiger partial charge in [0.25, 0.3) is 0 Å². The second-order valence-electron chi connectivity index (χ2n) is 9.58. The molecule has 2 unspecified atom stereocenters. The van der Waals surface area contributed by atoms with Crippen molar-refractivity contribution in [2.24, 2.45) is 5.92 Å². The predicted octanol–water partition coefficient (Wildman–Crippen LogP) is 4.60. The molecule has 3 heterocycles. The van der Waals surface area contributed by atoms with E-state index in [1.54, 1.807) is 6.33 Å². The number of pyridine rings is 2. The van der Waals surface area contributed by atoms with Crippen LogP contribution in [0, 0.1) is 12.8 Å². The van der Waals surface area contributed by atoms with E-state index in [9.17, 15) is 9.90 Å². The Hall–Kier alpha value is -3.88. The van der Waals surface area contributed by atoms with Crippen molar-refractivity contribution in [2.75, 3.05) is 13.2 Å². The first kappa shape index (κ1) is 24.8. The molecule has 8 heteroatoms. The Morgan fingerprint density at radius 2 is 2.05 bits per heavy atom. The molecule has 0 spiro atoms. The van der Waals surface area contributed by atoms with E-state index in [0.29, 0.717) is 6.54 Å². The molecule has 0 bridgehead atoms. The molecule has 0 radical (unpaired) electrons. The van der Waals surface area contributed by atoms with E-state index in [1.807, 2.05) is 43.5 Å². The van der Waals surface area contributed by atoms with Crippen molar-refractivity contribution in [3.63, 3.8) is 0 Å². The Bertz CT molecular complexity index is 1440. The summed E-state index contributed by atoms with van der Waals surface area (Å²) in [6.45, 7) is 2.23. The van der Waals surface area contributed by atoms with Crippen LogP contribution in [0.3, 0.4) is 0 Å². The van der Waals surface area contributed by atoms with Gasteiger partial charge in [-0.05, 0) is 74.1 Å². The zero-order valence-corrected chi connectivity index (χ0v) is 20.8. The fourth-order valence-corrected chi connectivity index (χ4v) is 4.90. The minimum atomic E-state index is -0.868. The number of aromatic nitrogens is 4. The van der Waals surface area contributed by atoms with Crippen molar-refractivity contribution < 1.29 is 15.0 Å². The number of carboxylic acids is 1. The second kappa shape index (κ2) is 11.0. The number of hydrogen-bond acceptors (Lipinski definition) is 6. The van der Waals surface area contributed by atoms with Crippen molar-refractivity contribution in [1.82, 2.24) is 25.3 Å². The molecule has 1 aliphatic carbocycles. The number of benzene rings is 1. The minimum absolute atomic E-state index is 0.117. The molecule has 0 fully saturated rings. The number of aliphatic hydroxyl groups is 1. The number of carboxylic acid groups (broad SMARTS) is 1. The number of aliphatic carboxylic acids is 1. The largest absolute Gasteiger partial charge is 0.481 e. The van der Waals surface area contributed by atoms with Gasteiger partial charge in [-0.1, -0.05) is 18.2 Å². The fourth-order valence-electron chi connectivity index (χ4n) is 4.90. The van der Waals surface area contributed by atoms with E-state index < -0.39 is 11.9 Å². The van der Waals surface area contributed by atoms with E-state index in [1.165, 1.54) is 5.57 Å². The third-order valence-corrected chi connectivity index (χ3v) is 7.00. The van der Waals surface area contributed by atoms with Gasteiger partial charge in [-0.25, -0.2) is 4.98 Å². The van der Waals surface area contributed by atoms with E-state index in [-0.39, 0.29) is 19.1 Å². The first-order chi connectivity index (χ1) is 18.0. The van der Waals surface area contributed by atoms with Gasteiger partial charge in [0.1, 0.15) is 0 Å². The molecule has 4 aromatic rings. The molecule has 1 aromatic carbocycles. The van der Waals surface area contributed by atoms with Crippen molar-refractivity contribution in [1.29, 1.82) is 0 Å². The van der Waals surface area contributed by atoms with Crippen LogP contribution < -0.4 is 5.32 Å². The average molecular weight is 498 g/mol. The van der Waals surface area contributed by atoms with Gasteiger partial charge in [-0.2, -0.15) is 0 Å². The Balaban J connectivity index is 1.34. The van der Waals surface area contributed by atoms with Gasteiger partial charge in [0.2, 0.25) is 0 Å². The quantitative estimate of drug-likeness (QED) is 0.266. The number of hydrogen-bond donors (Lipinski definition) is 4. The highest BCUT2D eigenvalue weighted by Crippen LogP contribution is 2.32. The molecule has 0 saturated carbocycles. The summed E-state index contributed by atoms with van der Waals surface area (Å²) in [5.74, 6) is -1.43. The van der Waals surface area contributed by atoms with Gasteiger partial charge in [0, 0.05) is 42.0 Å². The maximum atomic E-state index is 11.3. The number of aliphatic hydroxyl groups excluding tert-OH is 1. The lowest BCUT2D eigenvalue weighted by Crippen LogP contribution is -2.37. The molecular weight excluding hydrogens is 466 g/mol. The third-order valence-electron chi connectivity index (χ3n) is 7.00. The number of fused-ring (bicyclic) bond motifs is 1. The number of nitrogens with one attached hydrogen (secondary N) is 2. The fraction of sp³-hybridized carbons (Fsp3) is 0.310. The lowest BCUT2D eigenvalue weighted by molar-refractivity contribution is -0.142. The molecule has 0 aliphatic heterocycles. The van der Waals surface area contributed by atoms with Crippen LogP contribution >= 0.6 is 0 Å². The average Bonchev–Trinajstić information content (AvgIpc) is 3.41. The first-order valence-corrected chi connectivity index (χ1v) is 12.7. The van der Waals surface area contributed by atoms with Crippen LogP contribution in [0.1, 0.15) is 36.9 Å². The maximum absolute atomic E-state index is 11.3. The molecule has 190 valence electrons. The van der Waals surface area contributed by atoms with Gasteiger partial charge in [0.05, 0.1) is 34.8 Å². The van der Waals surface area contributed by atoms with E-state index in [2.05, 4.69) is 38.5 Å². The molecule has 1 aliphatic rings. The number of imidazole rings is 1. The molecule has 4 N–H and O–H groups in total. The van der Waals surface area contributed by atoms with E-state index >= 15 is 0 Å². The van der Waals surface area contributed by atoms with Crippen LogP contribution in [0.4, 0.5) is 0 Å². The van der Waals surface area contributed by atoms with Gasteiger partial charge < -0.3 is 20.5 Å². The number of nitrogens with zero attached hydrogens (tertiary/aromatic N) is 3. The summed E-state index contributed by atoms with van der Waals surface area (Å²) >= 11 is 0. The second-order valence-corrected chi connectivity index (χ2v) is 9.58. The highest BCUT2D eigenvalue weighted by Gasteiger charge is 2.21. The standard InChI is InChI=1S/C29H31N5O3/c1-18-3-2-4-26(34-18)28-27(32-17-33-28)20-7-10-25-22(13-20)14-23(16-31-25)19-5-8-24(9-6-19)30-15-21(11-12-35)29(36)37/h2-5,7,10,13-14,16-17,21,24,30,35H,6,8-9,11-12,15H2,1H3,(H,32,33)(H,36,37). The zero-order chi connectivity index (χ0) is 25.8. The maximum Gasteiger partial charge on any atom is 0.307 e. The summed E-state index contributed by atoms with van der Waals surface area (Å²) in [6, 6.07) is 14.6. The first-order valence-electron chi connectivity index (χ1n) is 12.7. The van der Waals surface area contributed by atoms with Gasteiger partial charge >= 0.3 is 5.97 Å². The number of allylic oxidation sites excluding steroid dienone is 1. The predicted molar refractivity (Wildman–Crippen MR) is 144 cm³/mol. The van der Waals surface area contributed by atoms with Crippen molar-refractivity contribution in [2.45, 2.75) is 38.6 Å². The summed E-state index contributed by atoms with van der Waals surface area (Å²) in [5, 5.41) is 22.8. The van der Waals surface area contributed by atoms with E-state index in [0.717, 1.165) is 64.1 Å². The highest BCUT2D eigenvalue weighted by molar-refractivity contribution is 5.88. The summed E-state index contributed by atoms with van der Waals surface area (Å²) < 4.78 is 0. The van der Waals surface area contributed by atoms with Gasteiger partial charge in [-0.15, -0.1) is 0 Å².